The maximum absolute atomic E-state index is 13.9. The second-order valence-corrected chi connectivity index (χ2v) is 5.06. The highest BCUT2D eigenvalue weighted by Crippen LogP contribution is 2.36. The molecule has 3 nitrogen and oxygen atoms in total. The van der Waals surface area contributed by atoms with Crippen LogP contribution in [-0.4, -0.2) is 23.1 Å². The van der Waals surface area contributed by atoms with E-state index < -0.39 is 0 Å². The maximum Gasteiger partial charge on any atom is 0.126 e. The highest BCUT2D eigenvalue weighted by atomic mass is 19.1. The molecule has 2 heterocycles. The number of aryl methyl sites for hydroxylation is 1. The lowest BCUT2D eigenvalue weighted by Crippen LogP contribution is -2.31. The summed E-state index contributed by atoms with van der Waals surface area (Å²) in [6, 6.07) is 5.47. The highest BCUT2D eigenvalue weighted by molar-refractivity contribution is 5.39. The minimum absolute atomic E-state index is 0.160. The molecule has 0 aliphatic carbocycles. The largest absolute Gasteiger partial charge is 0.315 e. The molecule has 1 fully saturated rings. The van der Waals surface area contributed by atoms with Gasteiger partial charge >= 0.3 is 0 Å². The Balaban J connectivity index is 2.13. The molecule has 0 bridgehead atoms. The average Bonchev–Trinajstić information content (AvgIpc) is 2.93. The van der Waals surface area contributed by atoms with Gasteiger partial charge in [0.05, 0.1) is 11.1 Å². The number of nitrogens with one attached hydrogen (secondary N) is 1. The number of rotatable bonds is 2. The zero-order valence-electron chi connectivity index (χ0n) is 10.9. The fraction of sp³-hybridized carbons (Fsp3) is 0.333. The van der Waals surface area contributed by atoms with Crippen molar-refractivity contribution in [2.45, 2.75) is 18.8 Å². The molecule has 0 radical (unpaired) electrons. The summed E-state index contributed by atoms with van der Waals surface area (Å²) in [6.45, 7) is 3.46. The Morgan fingerprint density at radius 2 is 2.21 bits per heavy atom. The summed E-state index contributed by atoms with van der Waals surface area (Å²) in [7, 11) is 0. The Hall–Kier alpha value is -1.81. The Labute approximate surface area is 111 Å². The van der Waals surface area contributed by atoms with Gasteiger partial charge in [0.15, 0.2) is 0 Å². The van der Waals surface area contributed by atoms with E-state index in [1.54, 1.807) is 31.6 Å². The van der Waals surface area contributed by atoms with E-state index in [4.69, 9.17) is 0 Å². The molecule has 3 rings (SSSR count). The second kappa shape index (κ2) is 4.70. The molecule has 98 valence electrons. The van der Waals surface area contributed by atoms with E-state index in [0.717, 1.165) is 30.8 Å². The lowest BCUT2D eigenvalue weighted by Gasteiger charge is -2.28. The number of hydrogen-bond acceptors (Lipinski definition) is 3. The SMILES string of the molecule is Cc1ccc(C2(c3cnccn3)CCNC2)cc1F. The Kier molecular flexibility index (Phi) is 3.03. The van der Waals surface area contributed by atoms with E-state index in [-0.39, 0.29) is 11.2 Å². The second-order valence-electron chi connectivity index (χ2n) is 5.06. The van der Waals surface area contributed by atoms with Gasteiger partial charge in [0.1, 0.15) is 5.82 Å². The number of nitrogens with zero attached hydrogens (tertiary/aromatic N) is 2. The smallest absolute Gasteiger partial charge is 0.126 e. The van der Waals surface area contributed by atoms with Crippen LogP contribution in [0.15, 0.2) is 36.8 Å². The van der Waals surface area contributed by atoms with Crippen molar-refractivity contribution >= 4 is 0 Å². The first kappa shape index (κ1) is 12.2. The van der Waals surface area contributed by atoms with E-state index in [1.807, 2.05) is 12.1 Å². The Morgan fingerprint density at radius 1 is 1.32 bits per heavy atom. The van der Waals surface area contributed by atoms with E-state index in [2.05, 4.69) is 15.3 Å². The van der Waals surface area contributed by atoms with Crippen molar-refractivity contribution in [1.82, 2.24) is 15.3 Å². The van der Waals surface area contributed by atoms with Gasteiger partial charge in [0, 0.05) is 25.1 Å². The van der Waals surface area contributed by atoms with Crippen molar-refractivity contribution in [1.29, 1.82) is 0 Å². The molecular weight excluding hydrogens is 241 g/mol. The molecule has 1 aliphatic rings. The molecule has 1 atom stereocenters. The molecule has 1 unspecified atom stereocenters. The van der Waals surface area contributed by atoms with Crippen LogP contribution in [0.3, 0.4) is 0 Å². The lowest BCUT2D eigenvalue weighted by atomic mass is 9.76. The Morgan fingerprint density at radius 3 is 2.84 bits per heavy atom. The van der Waals surface area contributed by atoms with Gasteiger partial charge in [-0.2, -0.15) is 0 Å². The van der Waals surface area contributed by atoms with Crippen molar-refractivity contribution in [3.8, 4) is 0 Å². The quantitative estimate of drug-likeness (QED) is 0.896. The summed E-state index contributed by atoms with van der Waals surface area (Å²) in [5.41, 5.74) is 2.29. The van der Waals surface area contributed by atoms with E-state index in [1.165, 1.54) is 0 Å². The summed E-state index contributed by atoms with van der Waals surface area (Å²) in [4.78, 5) is 8.59. The van der Waals surface area contributed by atoms with Crippen LogP contribution < -0.4 is 5.32 Å². The summed E-state index contributed by atoms with van der Waals surface area (Å²) in [5.74, 6) is -0.160. The molecule has 0 amide bonds. The number of benzene rings is 1. The minimum Gasteiger partial charge on any atom is -0.315 e. The van der Waals surface area contributed by atoms with Crippen molar-refractivity contribution in [3.05, 3.63) is 59.4 Å². The van der Waals surface area contributed by atoms with Crippen LogP contribution in [0, 0.1) is 12.7 Å². The van der Waals surface area contributed by atoms with Crippen LogP contribution in [-0.2, 0) is 5.41 Å². The topological polar surface area (TPSA) is 37.8 Å². The molecule has 1 saturated heterocycles. The first-order chi connectivity index (χ1) is 9.22. The van der Waals surface area contributed by atoms with Gasteiger partial charge in [-0.15, -0.1) is 0 Å². The molecule has 4 heteroatoms. The van der Waals surface area contributed by atoms with Crippen LogP contribution in [0.25, 0.3) is 0 Å². The fourth-order valence-corrected chi connectivity index (χ4v) is 2.74. The predicted molar refractivity (Wildman–Crippen MR) is 71.4 cm³/mol. The standard InChI is InChI=1S/C15H16FN3/c1-11-2-3-12(8-13(11)16)15(4-5-18-10-15)14-9-17-6-7-19-14/h2-3,6-9,18H,4-5,10H2,1H3. The summed E-state index contributed by atoms with van der Waals surface area (Å²) < 4.78 is 13.9. The van der Waals surface area contributed by atoms with Gasteiger partial charge in [-0.05, 0) is 37.1 Å². The monoisotopic (exact) mass is 257 g/mol. The van der Waals surface area contributed by atoms with Crippen molar-refractivity contribution in [3.63, 3.8) is 0 Å². The first-order valence-corrected chi connectivity index (χ1v) is 6.46. The zero-order chi connectivity index (χ0) is 13.3. The zero-order valence-corrected chi connectivity index (χ0v) is 10.9. The van der Waals surface area contributed by atoms with E-state index in [0.29, 0.717) is 5.56 Å². The van der Waals surface area contributed by atoms with Gasteiger partial charge < -0.3 is 5.32 Å². The summed E-state index contributed by atoms with van der Waals surface area (Å²) in [6.07, 6.45) is 6.05. The number of hydrogen-bond donors (Lipinski definition) is 1. The van der Waals surface area contributed by atoms with Crippen LogP contribution >= 0.6 is 0 Å². The average molecular weight is 257 g/mol. The van der Waals surface area contributed by atoms with Gasteiger partial charge in [-0.1, -0.05) is 12.1 Å². The minimum atomic E-state index is -0.261. The van der Waals surface area contributed by atoms with Crippen LogP contribution in [0.4, 0.5) is 4.39 Å². The van der Waals surface area contributed by atoms with Crippen molar-refractivity contribution in [2.75, 3.05) is 13.1 Å². The summed E-state index contributed by atoms with van der Waals surface area (Å²) >= 11 is 0. The predicted octanol–water partition coefficient (Wildman–Crippen LogP) is 2.20. The fourth-order valence-electron chi connectivity index (χ4n) is 2.74. The van der Waals surface area contributed by atoms with Crippen molar-refractivity contribution in [2.24, 2.45) is 0 Å². The third-order valence-corrected chi connectivity index (χ3v) is 3.93. The molecule has 0 saturated carbocycles. The normalized spacial score (nSPS) is 22.6. The summed E-state index contributed by atoms with van der Waals surface area (Å²) in [5, 5.41) is 3.35. The van der Waals surface area contributed by atoms with Gasteiger partial charge in [-0.3, -0.25) is 9.97 Å². The molecular formula is C15H16FN3. The number of aromatic nitrogens is 2. The molecule has 1 N–H and O–H groups in total. The molecule has 19 heavy (non-hydrogen) atoms. The third-order valence-electron chi connectivity index (χ3n) is 3.93. The highest BCUT2D eigenvalue weighted by Gasteiger charge is 2.39. The van der Waals surface area contributed by atoms with Gasteiger partial charge in [0.2, 0.25) is 0 Å². The molecule has 1 aromatic carbocycles. The van der Waals surface area contributed by atoms with Gasteiger partial charge in [-0.25, -0.2) is 4.39 Å². The maximum atomic E-state index is 13.9. The van der Waals surface area contributed by atoms with Crippen LogP contribution in [0.2, 0.25) is 0 Å². The molecule has 1 aliphatic heterocycles. The molecule has 2 aromatic rings. The van der Waals surface area contributed by atoms with Crippen LogP contribution in [0.5, 0.6) is 0 Å². The molecule has 1 aromatic heterocycles. The lowest BCUT2D eigenvalue weighted by molar-refractivity contribution is 0.538. The van der Waals surface area contributed by atoms with E-state index in [9.17, 15) is 4.39 Å². The van der Waals surface area contributed by atoms with Crippen molar-refractivity contribution < 1.29 is 4.39 Å². The number of halogens is 1. The molecule has 0 spiro atoms. The first-order valence-electron chi connectivity index (χ1n) is 6.46. The third kappa shape index (κ3) is 2.02. The van der Waals surface area contributed by atoms with Gasteiger partial charge in [0.25, 0.3) is 0 Å². The Bertz CT molecular complexity index is 577. The van der Waals surface area contributed by atoms with E-state index >= 15 is 0 Å². The van der Waals surface area contributed by atoms with Crippen LogP contribution in [0.1, 0.15) is 23.2 Å².